The van der Waals surface area contributed by atoms with Crippen molar-refractivity contribution in [2.24, 2.45) is 5.41 Å². The second-order valence-electron chi connectivity index (χ2n) is 14.8. The molecule has 2 fully saturated rings. The molecular weight excluding hydrogens is 656 g/mol. The molecule has 16 heteroatoms. The van der Waals surface area contributed by atoms with E-state index in [2.05, 4.69) is 32.1 Å². The van der Waals surface area contributed by atoms with Crippen LogP contribution in [0.5, 0.6) is 5.88 Å². The number of hydrogen-bond acceptors (Lipinski definition) is 10. The molecule has 49 heavy (non-hydrogen) atoms. The molecule has 1 aliphatic heterocycles. The van der Waals surface area contributed by atoms with Crippen LogP contribution in [0, 0.1) is 5.41 Å². The van der Waals surface area contributed by atoms with Crippen molar-refractivity contribution in [1.82, 2.24) is 30.5 Å². The number of carbonyl (C=O) groups excluding carboxylic acids is 4. The van der Waals surface area contributed by atoms with E-state index in [1.54, 1.807) is 65.8 Å². The van der Waals surface area contributed by atoms with Crippen LogP contribution in [0.2, 0.25) is 0 Å². The number of fused-ring (bicyclic) bond motifs is 1. The monoisotopic (exact) mass is 702 g/mol. The zero-order valence-corrected chi connectivity index (χ0v) is 29.7. The second kappa shape index (κ2) is 13.8. The molecule has 2 aromatic rings. The van der Waals surface area contributed by atoms with Crippen molar-refractivity contribution < 1.29 is 37.1 Å². The fourth-order valence-corrected chi connectivity index (χ4v) is 6.91. The predicted octanol–water partition coefficient (Wildman–Crippen LogP) is 2.27. The molecule has 15 nitrogen and oxygen atoms in total. The van der Waals surface area contributed by atoms with Crippen molar-refractivity contribution in [1.29, 1.82) is 0 Å². The smallest absolute Gasteiger partial charge is 0.408 e. The number of alkyl carbamates (subject to hydrolysis) is 1. The van der Waals surface area contributed by atoms with Crippen LogP contribution < -0.4 is 25.7 Å². The highest BCUT2D eigenvalue weighted by atomic mass is 32.2. The summed E-state index contributed by atoms with van der Waals surface area (Å²) >= 11 is 0. The van der Waals surface area contributed by atoms with Crippen LogP contribution in [0.4, 0.5) is 4.79 Å². The lowest BCUT2D eigenvalue weighted by Gasteiger charge is -2.36. The third-order valence-electron chi connectivity index (χ3n) is 8.21. The van der Waals surface area contributed by atoms with E-state index in [0.29, 0.717) is 23.6 Å². The summed E-state index contributed by atoms with van der Waals surface area (Å²) in [5, 5.41) is 11.8. The van der Waals surface area contributed by atoms with E-state index in [-0.39, 0.29) is 25.3 Å². The number of aromatic nitrogens is 2. The van der Waals surface area contributed by atoms with Crippen molar-refractivity contribution in [3.63, 3.8) is 0 Å². The maximum Gasteiger partial charge on any atom is 0.408 e. The maximum atomic E-state index is 14.3. The van der Waals surface area contributed by atoms with Gasteiger partial charge in [0.1, 0.15) is 29.3 Å². The zero-order valence-electron chi connectivity index (χ0n) is 28.9. The molecule has 0 unspecified atom stereocenters. The van der Waals surface area contributed by atoms with Gasteiger partial charge in [-0.1, -0.05) is 39.0 Å². The Morgan fingerprint density at radius 1 is 1.08 bits per heavy atom. The quantitative estimate of drug-likeness (QED) is 0.251. The number of rotatable bonds is 11. The number of hydrogen-bond donors (Lipinski definition) is 4. The molecule has 4 atom stereocenters. The van der Waals surface area contributed by atoms with Crippen LogP contribution in [0.25, 0.3) is 10.8 Å². The minimum atomic E-state index is -3.94. The Bertz CT molecular complexity index is 1790. The van der Waals surface area contributed by atoms with Gasteiger partial charge in [-0.25, -0.2) is 18.3 Å². The van der Waals surface area contributed by atoms with E-state index >= 15 is 0 Å². The Labute approximate surface area is 285 Å². The lowest BCUT2D eigenvalue weighted by atomic mass is 9.85. The van der Waals surface area contributed by atoms with Crippen LogP contribution in [-0.4, -0.2) is 88.5 Å². The summed E-state index contributed by atoms with van der Waals surface area (Å²) < 4.78 is 38.9. The highest BCUT2D eigenvalue weighted by Crippen LogP contribution is 2.31. The molecule has 1 saturated carbocycles. The standard InChI is InChI=1S/C33H46N6O9S/c1-9-16-33(8,29(43)38-49(45,46)20-14-15-20)35-26(41)23-17-19(47-27-22-13-11-10-12-21(22)25(40)36-37-27)18-39(23)28(42)24(31(2,3)4)34-30(44)48-32(5,6)7/h9-13,19-20,23-24H,1,14-18H2,2-8H3,(H,34,44)(H,35,41)(H,36,40)(H,38,43)/t19-,23+,24-,33-/m1/s1. The van der Waals surface area contributed by atoms with Crippen molar-refractivity contribution in [3.8, 4) is 5.88 Å². The molecule has 0 bridgehead atoms. The van der Waals surface area contributed by atoms with Crippen LogP contribution in [0.15, 0.2) is 41.7 Å². The first-order valence-electron chi connectivity index (χ1n) is 16.1. The first kappa shape index (κ1) is 37.4. The number of aromatic amines is 1. The van der Waals surface area contributed by atoms with Crippen LogP contribution in [0.1, 0.15) is 74.1 Å². The molecule has 1 aliphatic carbocycles. The van der Waals surface area contributed by atoms with Gasteiger partial charge in [0.2, 0.25) is 27.7 Å². The van der Waals surface area contributed by atoms with Gasteiger partial charge in [0.15, 0.2) is 0 Å². The minimum Gasteiger partial charge on any atom is -0.471 e. The number of amides is 4. The van der Waals surface area contributed by atoms with E-state index in [0.717, 1.165) is 0 Å². The number of carbonyl (C=O) groups is 4. The van der Waals surface area contributed by atoms with Gasteiger partial charge >= 0.3 is 6.09 Å². The zero-order chi connectivity index (χ0) is 36.5. The summed E-state index contributed by atoms with van der Waals surface area (Å²) in [7, 11) is -3.94. The maximum absolute atomic E-state index is 14.3. The number of likely N-dealkylation sites (tertiary alicyclic amines) is 1. The van der Waals surface area contributed by atoms with E-state index in [4.69, 9.17) is 9.47 Å². The van der Waals surface area contributed by atoms with Gasteiger partial charge in [0.25, 0.3) is 11.5 Å². The van der Waals surface area contributed by atoms with Gasteiger partial charge in [-0.05, 0) is 64.5 Å². The fraction of sp³-hybridized carbons (Fsp3) is 0.576. The van der Waals surface area contributed by atoms with Gasteiger partial charge in [0.05, 0.1) is 22.6 Å². The third kappa shape index (κ3) is 8.96. The third-order valence-corrected chi connectivity index (χ3v) is 10.0. The molecule has 2 heterocycles. The molecule has 4 rings (SSSR count). The van der Waals surface area contributed by atoms with E-state index in [1.807, 2.05) is 0 Å². The van der Waals surface area contributed by atoms with Gasteiger partial charge in [-0.2, -0.15) is 0 Å². The van der Waals surface area contributed by atoms with Crippen molar-refractivity contribution in [2.45, 2.75) is 109 Å². The van der Waals surface area contributed by atoms with Gasteiger partial charge in [-0.15, -0.1) is 11.7 Å². The van der Waals surface area contributed by atoms with Gasteiger partial charge in [0, 0.05) is 6.42 Å². The molecule has 1 aromatic carbocycles. The molecule has 0 radical (unpaired) electrons. The Morgan fingerprint density at radius 2 is 1.71 bits per heavy atom. The Hall–Kier alpha value is -4.47. The van der Waals surface area contributed by atoms with Crippen LogP contribution in [-0.2, 0) is 29.1 Å². The number of benzene rings is 1. The molecule has 2 aliphatic rings. The first-order valence-corrected chi connectivity index (χ1v) is 17.6. The Kier molecular flexibility index (Phi) is 10.5. The summed E-state index contributed by atoms with van der Waals surface area (Å²) in [6.07, 6.45) is 0.397. The average Bonchev–Trinajstić information content (AvgIpc) is 3.77. The number of sulfonamides is 1. The predicted molar refractivity (Wildman–Crippen MR) is 181 cm³/mol. The summed E-state index contributed by atoms with van der Waals surface area (Å²) in [4.78, 5) is 68.3. The molecule has 4 N–H and O–H groups in total. The molecule has 1 aromatic heterocycles. The van der Waals surface area contributed by atoms with Gasteiger partial charge < -0.3 is 25.0 Å². The van der Waals surface area contributed by atoms with Crippen LogP contribution >= 0.6 is 0 Å². The Morgan fingerprint density at radius 3 is 2.29 bits per heavy atom. The Balaban J connectivity index is 1.67. The number of H-pyrrole nitrogens is 1. The molecular formula is C33H46N6O9S. The molecule has 1 saturated heterocycles. The molecule has 4 amide bonds. The fourth-order valence-electron chi connectivity index (χ4n) is 5.50. The number of ether oxygens (including phenoxy) is 2. The highest BCUT2D eigenvalue weighted by Gasteiger charge is 2.49. The SMILES string of the molecule is C=CC[C@@](C)(NC(=O)[C@@H]1C[C@@H](Oc2n[nH]c(=O)c3ccccc23)CN1C(=O)[C@@H](NC(=O)OC(C)(C)C)C(C)(C)C)C(=O)NS(=O)(=O)C1CC1. The topological polar surface area (TPSA) is 206 Å². The summed E-state index contributed by atoms with van der Waals surface area (Å²) in [5.74, 6) is -2.24. The average molecular weight is 703 g/mol. The van der Waals surface area contributed by atoms with Crippen molar-refractivity contribution in [2.75, 3.05) is 6.54 Å². The summed E-state index contributed by atoms with van der Waals surface area (Å²) in [5.41, 5.74) is -3.86. The minimum absolute atomic E-state index is 0.0673. The van der Waals surface area contributed by atoms with Gasteiger partial charge in [-0.3, -0.25) is 23.9 Å². The molecule has 0 spiro atoms. The van der Waals surface area contributed by atoms with Crippen molar-refractivity contribution in [3.05, 3.63) is 47.3 Å². The van der Waals surface area contributed by atoms with Crippen LogP contribution in [0.3, 0.4) is 0 Å². The highest BCUT2D eigenvalue weighted by molar-refractivity contribution is 7.91. The lowest BCUT2D eigenvalue weighted by molar-refractivity contribution is -0.143. The van der Waals surface area contributed by atoms with E-state index in [9.17, 15) is 32.4 Å². The van der Waals surface area contributed by atoms with E-state index < -0.39 is 79.4 Å². The number of nitrogens with one attached hydrogen (secondary N) is 4. The van der Waals surface area contributed by atoms with Crippen molar-refractivity contribution >= 4 is 44.6 Å². The molecule has 268 valence electrons. The lowest BCUT2D eigenvalue weighted by Crippen LogP contribution is -2.62. The first-order chi connectivity index (χ1) is 22.6. The largest absolute Gasteiger partial charge is 0.471 e. The van der Waals surface area contributed by atoms with E-state index in [1.165, 1.54) is 17.9 Å². The summed E-state index contributed by atoms with van der Waals surface area (Å²) in [6.45, 7) is 15.2. The second-order valence-corrected chi connectivity index (χ2v) is 16.8. The normalized spacial score (nSPS) is 20.1. The number of nitrogens with zero attached hydrogens (tertiary/aromatic N) is 2. The summed E-state index contributed by atoms with van der Waals surface area (Å²) in [6, 6.07) is 4.28.